The standard InChI is InChI=1S/C26H22O4/c1-26(2,3)25(28)29-20-13-14-21-22(16-20)30-23(24(21)27)15-17-9-11-19(12-10-17)18-7-5-4-6-8-18/h4-16H,1-3H3. The summed E-state index contributed by atoms with van der Waals surface area (Å²) in [6.45, 7) is 5.35. The normalized spacial score (nSPS) is 14.4. The molecule has 0 spiro atoms. The zero-order valence-corrected chi connectivity index (χ0v) is 17.1. The minimum atomic E-state index is -0.618. The Labute approximate surface area is 175 Å². The molecule has 0 aromatic heterocycles. The molecule has 0 saturated carbocycles. The van der Waals surface area contributed by atoms with Gasteiger partial charge in [-0.1, -0.05) is 54.6 Å². The molecule has 0 atom stereocenters. The monoisotopic (exact) mass is 398 g/mol. The second kappa shape index (κ2) is 7.64. The summed E-state index contributed by atoms with van der Waals surface area (Å²) < 4.78 is 11.2. The van der Waals surface area contributed by atoms with Gasteiger partial charge in [-0.3, -0.25) is 9.59 Å². The van der Waals surface area contributed by atoms with Crippen molar-refractivity contribution < 1.29 is 19.1 Å². The molecule has 0 fully saturated rings. The molecule has 0 aliphatic carbocycles. The highest BCUT2D eigenvalue weighted by molar-refractivity contribution is 6.14. The molecule has 0 radical (unpaired) electrons. The van der Waals surface area contributed by atoms with Crippen LogP contribution in [0.4, 0.5) is 0 Å². The third kappa shape index (κ3) is 4.03. The van der Waals surface area contributed by atoms with E-state index in [-0.39, 0.29) is 17.5 Å². The number of Topliss-reactive ketones (excluding diaryl/α,β-unsaturated/α-hetero) is 1. The molecule has 1 aliphatic rings. The van der Waals surface area contributed by atoms with E-state index in [2.05, 4.69) is 12.1 Å². The summed E-state index contributed by atoms with van der Waals surface area (Å²) >= 11 is 0. The topological polar surface area (TPSA) is 52.6 Å². The molecule has 1 aliphatic heterocycles. The SMILES string of the molecule is CC(C)(C)C(=O)Oc1ccc2c(c1)OC(=Cc1ccc(-c3ccccc3)cc1)C2=O. The van der Waals surface area contributed by atoms with Gasteiger partial charge in [0.2, 0.25) is 5.78 Å². The van der Waals surface area contributed by atoms with Crippen LogP contribution in [0.25, 0.3) is 17.2 Å². The zero-order valence-electron chi connectivity index (χ0n) is 17.1. The van der Waals surface area contributed by atoms with Crippen molar-refractivity contribution in [3.63, 3.8) is 0 Å². The number of benzene rings is 3. The number of ether oxygens (including phenoxy) is 2. The average Bonchev–Trinajstić information content (AvgIpc) is 3.03. The van der Waals surface area contributed by atoms with Crippen molar-refractivity contribution >= 4 is 17.8 Å². The second-order valence-corrected chi connectivity index (χ2v) is 8.23. The van der Waals surface area contributed by atoms with E-state index in [9.17, 15) is 9.59 Å². The molecule has 0 bridgehead atoms. The summed E-state index contributed by atoms with van der Waals surface area (Å²) in [5.74, 6) is 0.463. The third-order valence-corrected chi connectivity index (χ3v) is 4.78. The van der Waals surface area contributed by atoms with Crippen LogP contribution in [0.3, 0.4) is 0 Å². The van der Waals surface area contributed by atoms with Gasteiger partial charge in [-0.05, 0) is 55.7 Å². The maximum absolute atomic E-state index is 12.7. The molecule has 3 aromatic carbocycles. The quantitative estimate of drug-likeness (QED) is 0.312. The molecule has 4 rings (SSSR count). The van der Waals surface area contributed by atoms with Crippen molar-refractivity contribution in [1.29, 1.82) is 0 Å². The van der Waals surface area contributed by atoms with Crippen molar-refractivity contribution in [2.75, 3.05) is 0 Å². The van der Waals surface area contributed by atoms with Gasteiger partial charge in [-0.2, -0.15) is 0 Å². The Balaban J connectivity index is 1.53. The first kappa shape index (κ1) is 19.6. The van der Waals surface area contributed by atoms with Crippen LogP contribution >= 0.6 is 0 Å². The number of ketones is 1. The molecule has 4 heteroatoms. The molecule has 1 heterocycles. The van der Waals surface area contributed by atoms with Crippen LogP contribution in [0, 0.1) is 5.41 Å². The van der Waals surface area contributed by atoms with E-state index in [0.29, 0.717) is 17.1 Å². The number of hydrogen-bond acceptors (Lipinski definition) is 4. The highest BCUT2D eigenvalue weighted by Gasteiger charge is 2.29. The molecule has 0 amide bonds. The van der Waals surface area contributed by atoms with Crippen LogP contribution in [-0.2, 0) is 4.79 Å². The molecule has 4 nitrogen and oxygen atoms in total. The lowest BCUT2D eigenvalue weighted by molar-refractivity contribution is -0.143. The Morgan fingerprint density at radius 3 is 2.23 bits per heavy atom. The summed E-state index contributed by atoms with van der Waals surface area (Å²) in [4.78, 5) is 24.8. The minimum Gasteiger partial charge on any atom is -0.452 e. The number of carbonyl (C=O) groups excluding carboxylic acids is 2. The summed E-state index contributed by atoms with van der Waals surface area (Å²) in [5, 5.41) is 0. The largest absolute Gasteiger partial charge is 0.452 e. The first-order valence-electron chi connectivity index (χ1n) is 9.77. The fraction of sp³-hybridized carbons (Fsp3) is 0.154. The van der Waals surface area contributed by atoms with Crippen molar-refractivity contribution in [3.05, 3.63) is 89.7 Å². The molecule has 30 heavy (non-hydrogen) atoms. The highest BCUT2D eigenvalue weighted by atomic mass is 16.5. The zero-order chi connectivity index (χ0) is 21.3. The Morgan fingerprint density at radius 1 is 0.900 bits per heavy atom. The van der Waals surface area contributed by atoms with Crippen LogP contribution in [0.2, 0.25) is 0 Å². The van der Waals surface area contributed by atoms with Crippen LogP contribution in [0.15, 0.2) is 78.6 Å². The summed E-state index contributed by atoms with van der Waals surface area (Å²) in [5.41, 5.74) is 2.94. The van der Waals surface area contributed by atoms with Gasteiger partial charge in [0.25, 0.3) is 0 Å². The molecular formula is C26H22O4. The van der Waals surface area contributed by atoms with Gasteiger partial charge in [0.1, 0.15) is 11.5 Å². The van der Waals surface area contributed by atoms with Gasteiger partial charge in [0, 0.05) is 6.07 Å². The molecule has 0 N–H and O–H groups in total. The smallest absolute Gasteiger partial charge is 0.316 e. The van der Waals surface area contributed by atoms with E-state index in [1.54, 1.807) is 45.0 Å². The van der Waals surface area contributed by atoms with Gasteiger partial charge < -0.3 is 9.47 Å². The number of hydrogen-bond donors (Lipinski definition) is 0. The van der Waals surface area contributed by atoms with Gasteiger partial charge in [-0.15, -0.1) is 0 Å². The van der Waals surface area contributed by atoms with Gasteiger partial charge >= 0.3 is 5.97 Å². The number of rotatable bonds is 3. The van der Waals surface area contributed by atoms with Crippen LogP contribution in [-0.4, -0.2) is 11.8 Å². The molecule has 3 aromatic rings. The Kier molecular flexibility index (Phi) is 5.00. The molecule has 0 unspecified atom stereocenters. The summed E-state index contributed by atoms with van der Waals surface area (Å²) in [6.07, 6.45) is 1.72. The van der Waals surface area contributed by atoms with E-state index in [4.69, 9.17) is 9.47 Å². The average molecular weight is 398 g/mol. The molecule has 0 saturated heterocycles. The second-order valence-electron chi connectivity index (χ2n) is 8.23. The van der Waals surface area contributed by atoms with E-state index >= 15 is 0 Å². The van der Waals surface area contributed by atoms with Crippen molar-refractivity contribution in [3.8, 4) is 22.6 Å². The lowest BCUT2D eigenvalue weighted by atomic mass is 9.97. The highest BCUT2D eigenvalue weighted by Crippen LogP contribution is 2.35. The fourth-order valence-corrected chi connectivity index (χ4v) is 3.04. The summed E-state index contributed by atoms with van der Waals surface area (Å²) in [6, 6.07) is 22.8. The number of carbonyl (C=O) groups is 2. The first-order valence-corrected chi connectivity index (χ1v) is 9.77. The predicted molar refractivity (Wildman–Crippen MR) is 116 cm³/mol. The number of esters is 1. The van der Waals surface area contributed by atoms with Gasteiger partial charge in [-0.25, -0.2) is 0 Å². The Bertz CT molecular complexity index is 1130. The van der Waals surface area contributed by atoms with Crippen molar-refractivity contribution in [2.45, 2.75) is 20.8 Å². The maximum Gasteiger partial charge on any atom is 0.316 e. The molecular weight excluding hydrogens is 376 g/mol. The number of fused-ring (bicyclic) bond motifs is 1. The maximum atomic E-state index is 12.7. The lowest BCUT2D eigenvalue weighted by Gasteiger charge is -2.16. The summed E-state index contributed by atoms with van der Waals surface area (Å²) in [7, 11) is 0. The fourth-order valence-electron chi connectivity index (χ4n) is 3.04. The van der Waals surface area contributed by atoms with Gasteiger partial charge in [0.05, 0.1) is 11.0 Å². The van der Waals surface area contributed by atoms with Crippen molar-refractivity contribution in [1.82, 2.24) is 0 Å². The van der Waals surface area contributed by atoms with E-state index in [0.717, 1.165) is 16.7 Å². The van der Waals surface area contributed by atoms with Gasteiger partial charge in [0.15, 0.2) is 5.76 Å². The van der Waals surface area contributed by atoms with E-state index in [1.807, 2.05) is 42.5 Å². The number of allylic oxidation sites excluding steroid dienone is 1. The lowest BCUT2D eigenvalue weighted by Crippen LogP contribution is -2.25. The van der Waals surface area contributed by atoms with Crippen LogP contribution < -0.4 is 9.47 Å². The molecule has 150 valence electrons. The van der Waals surface area contributed by atoms with Crippen LogP contribution in [0.5, 0.6) is 11.5 Å². The third-order valence-electron chi connectivity index (χ3n) is 4.78. The minimum absolute atomic E-state index is 0.189. The Hall–Kier alpha value is -3.66. The van der Waals surface area contributed by atoms with E-state index in [1.165, 1.54) is 0 Å². The van der Waals surface area contributed by atoms with E-state index < -0.39 is 5.41 Å². The first-order chi connectivity index (χ1) is 14.3. The Morgan fingerprint density at radius 2 is 1.57 bits per heavy atom. The van der Waals surface area contributed by atoms with Crippen molar-refractivity contribution in [2.24, 2.45) is 5.41 Å². The predicted octanol–water partition coefficient (Wildman–Crippen LogP) is 5.92. The van der Waals surface area contributed by atoms with Crippen LogP contribution in [0.1, 0.15) is 36.7 Å².